The first kappa shape index (κ1) is 70.1. The van der Waals surface area contributed by atoms with Crippen LogP contribution in [0, 0.1) is 16.7 Å². The van der Waals surface area contributed by atoms with E-state index in [4.69, 9.17) is 19.6 Å². The number of hydrogen-bond donors (Lipinski definition) is 4. The first-order chi connectivity index (χ1) is 42.9. The average Bonchev–Trinajstić information content (AvgIpc) is 1.76. The van der Waals surface area contributed by atoms with E-state index in [9.17, 15) is 38.4 Å². The minimum Gasteiger partial charge on any atom is -0.493 e. The third-order valence-corrected chi connectivity index (χ3v) is 16.7. The third kappa shape index (κ3) is 18.6. The number of nitrogens with zero attached hydrogens (tertiary/aromatic N) is 5. The number of carbonyl (C=O) groups excluding carboxylic acids is 10. The summed E-state index contributed by atoms with van der Waals surface area (Å²) in [6.07, 6.45) is 2.30. The van der Waals surface area contributed by atoms with Crippen LogP contribution in [0.3, 0.4) is 0 Å². The van der Waals surface area contributed by atoms with Crippen molar-refractivity contribution in [2.24, 2.45) is 11.3 Å². The Bertz CT molecular complexity index is 3190. The van der Waals surface area contributed by atoms with E-state index in [1.165, 1.54) is 54.7 Å². The number of ether oxygens (including phenoxy) is 3. The fraction of sp³-hybridized carbons (Fsp3) is 0.485. The number of likely N-dealkylation sites (tertiary alicyclic amines) is 2. The zero-order valence-electron chi connectivity index (χ0n) is 53.6. The summed E-state index contributed by atoms with van der Waals surface area (Å²) in [6.45, 7) is 9.44. The molecule has 2 fully saturated rings. The van der Waals surface area contributed by atoms with E-state index in [1.807, 2.05) is 63.2 Å². The molecule has 0 radical (unpaired) electrons. The minimum atomic E-state index is -1.36. The van der Waals surface area contributed by atoms with Gasteiger partial charge in [-0.05, 0) is 111 Å². The monoisotopic (exact) mass is 1240 g/mol. The van der Waals surface area contributed by atoms with Gasteiger partial charge in [-0.3, -0.25) is 43.2 Å². The number of hydrogen-bond acceptors (Lipinski definition) is 14. The molecule has 1 unspecified atom stereocenters. The number of benzene rings is 4. The molecule has 0 bridgehead atoms. The van der Waals surface area contributed by atoms with E-state index in [1.54, 1.807) is 79.7 Å². The van der Waals surface area contributed by atoms with Crippen LogP contribution >= 0.6 is 0 Å². The molecule has 0 aliphatic carbocycles. The van der Waals surface area contributed by atoms with Crippen LogP contribution in [0.25, 0.3) is 0 Å². The second-order valence-electron chi connectivity index (χ2n) is 24.1. The van der Waals surface area contributed by atoms with Gasteiger partial charge in [0.1, 0.15) is 36.3 Å². The van der Waals surface area contributed by atoms with Gasteiger partial charge in [0, 0.05) is 72.3 Å². The summed E-state index contributed by atoms with van der Waals surface area (Å²) >= 11 is 0. The zero-order chi connectivity index (χ0) is 65.8. The van der Waals surface area contributed by atoms with Crippen molar-refractivity contribution in [3.8, 4) is 11.5 Å². The number of likely N-dealkylation sites (N-methyl/N-ethyl adjacent to an activating group) is 3. The molecule has 4 aromatic rings. The van der Waals surface area contributed by atoms with Crippen molar-refractivity contribution in [1.29, 1.82) is 5.41 Å². The van der Waals surface area contributed by atoms with Gasteiger partial charge in [0.2, 0.25) is 41.2 Å². The van der Waals surface area contributed by atoms with E-state index < -0.39 is 88.9 Å². The molecule has 2 heterocycles. The molecule has 8 amide bonds. The molecule has 6 atom stereocenters. The van der Waals surface area contributed by atoms with Gasteiger partial charge < -0.3 is 60.1 Å². The van der Waals surface area contributed by atoms with Crippen LogP contribution in [0.15, 0.2) is 103 Å². The average molecular weight is 1240 g/mol. The van der Waals surface area contributed by atoms with Gasteiger partial charge in [-0.25, -0.2) is 4.79 Å². The van der Waals surface area contributed by atoms with Crippen LogP contribution in [0.2, 0.25) is 0 Å². The molecule has 4 N–H and O–H groups in total. The molecule has 2 aliphatic rings. The first-order valence-electron chi connectivity index (χ1n) is 30.8. The third-order valence-electron chi connectivity index (χ3n) is 16.7. The molecule has 2 aliphatic heterocycles. The summed E-state index contributed by atoms with van der Waals surface area (Å²) < 4.78 is 17.3. The number of nitrogens with one attached hydrogen (secondary N) is 4. The molecular formula is C68H89N9O13. The van der Waals surface area contributed by atoms with Crippen molar-refractivity contribution in [3.05, 3.63) is 125 Å². The fourth-order valence-electron chi connectivity index (χ4n) is 11.3. The molecule has 484 valence electrons. The molecule has 0 aromatic heterocycles. The molecule has 22 nitrogen and oxygen atoms in total. The largest absolute Gasteiger partial charge is 0.493 e. The summed E-state index contributed by atoms with van der Waals surface area (Å²) in [6, 6.07) is 24.7. The number of rotatable bonds is 30. The van der Waals surface area contributed by atoms with Gasteiger partial charge in [-0.15, -0.1) is 0 Å². The first-order valence-corrected chi connectivity index (χ1v) is 30.8. The van der Waals surface area contributed by atoms with Crippen molar-refractivity contribution < 1.29 is 62.2 Å². The zero-order valence-corrected chi connectivity index (χ0v) is 53.6. The summed E-state index contributed by atoms with van der Waals surface area (Å²) in [5, 5.41) is 15.3. The van der Waals surface area contributed by atoms with Crippen LogP contribution in [-0.4, -0.2) is 175 Å². The van der Waals surface area contributed by atoms with Crippen LogP contribution < -0.4 is 25.4 Å². The van der Waals surface area contributed by atoms with E-state index in [-0.39, 0.29) is 69.5 Å². The lowest BCUT2D eigenvalue weighted by atomic mass is 9.86. The molecule has 22 heteroatoms. The number of esters is 1. The summed E-state index contributed by atoms with van der Waals surface area (Å²) in [7, 11) is 7.85. The van der Waals surface area contributed by atoms with E-state index in [2.05, 4.69) is 16.0 Å². The van der Waals surface area contributed by atoms with Crippen LogP contribution in [-0.2, 0) is 65.5 Å². The Labute approximate surface area is 528 Å². The number of piperidine rings is 1. The molecule has 4 aromatic carbocycles. The SMILES string of the molecule is CCN(C)C(=O)[C@H](CC(C)C)N(C)C(=O)[C@H]1CCCN1C(=O)[C@H](Cc1ccccc1)N(C)C(=O)C(NC(=O)CCC(=O)Nc1cccc([C@@H](CCc2ccc(OC)c(OC)c2)OC(=O)[C@@H]2CCCCN2C(=O)C(=O)C(C)(C)CNC(=O)C=N)c1)c1ccccc1. The maximum atomic E-state index is 15.1. The Hall–Kier alpha value is -8.95. The number of amides is 8. The van der Waals surface area contributed by atoms with Gasteiger partial charge >= 0.3 is 5.97 Å². The second kappa shape index (κ2) is 33.0. The van der Waals surface area contributed by atoms with Crippen molar-refractivity contribution in [1.82, 2.24) is 35.1 Å². The molecule has 2 saturated heterocycles. The molecule has 6 rings (SSSR count). The summed E-state index contributed by atoms with van der Waals surface area (Å²) in [5.74, 6) is -4.88. The van der Waals surface area contributed by atoms with E-state index in [0.717, 1.165) is 11.1 Å². The Kier molecular flexibility index (Phi) is 25.7. The summed E-state index contributed by atoms with van der Waals surface area (Å²) in [5.41, 5.74) is 1.46. The predicted octanol–water partition coefficient (Wildman–Crippen LogP) is 6.65. The van der Waals surface area contributed by atoms with E-state index >= 15 is 9.59 Å². The number of carbonyl (C=O) groups is 10. The van der Waals surface area contributed by atoms with E-state index in [0.29, 0.717) is 79.6 Å². The highest BCUT2D eigenvalue weighted by Gasteiger charge is 2.45. The Morgan fingerprint density at radius 2 is 1.34 bits per heavy atom. The van der Waals surface area contributed by atoms with Gasteiger partial charge in [0.25, 0.3) is 11.8 Å². The molecule has 90 heavy (non-hydrogen) atoms. The minimum absolute atomic E-state index is 0.0852. The highest BCUT2D eigenvalue weighted by Crippen LogP contribution is 2.33. The highest BCUT2D eigenvalue weighted by molar-refractivity contribution is 6.38. The van der Waals surface area contributed by atoms with Crippen molar-refractivity contribution in [3.63, 3.8) is 0 Å². The lowest BCUT2D eigenvalue weighted by molar-refractivity contribution is -0.164. The van der Waals surface area contributed by atoms with Crippen LogP contribution in [0.1, 0.15) is 127 Å². The fourth-order valence-corrected chi connectivity index (χ4v) is 11.3. The second-order valence-corrected chi connectivity index (χ2v) is 24.1. The predicted molar refractivity (Wildman–Crippen MR) is 339 cm³/mol. The molecule has 0 saturated carbocycles. The smallest absolute Gasteiger partial charge is 0.329 e. The number of methoxy groups -OCH3 is 2. The highest BCUT2D eigenvalue weighted by atomic mass is 16.5. The number of anilines is 1. The topological polar surface area (TPSA) is 275 Å². The van der Waals surface area contributed by atoms with Crippen molar-refractivity contribution >= 4 is 70.9 Å². The Balaban J connectivity index is 1.19. The van der Waals surface area contributed by atoms with Crippen molar-refractivity contribution in [2.75, 3.05) is 66.9 Å². The van der Waals surface area contributed by atoms with Crippen LogP contribution in [0.4, 0.5) is 5.69 Å². The molecular weight excluding hydrogens is 1150 g/mol. The van der Waals surface area contributed by atoms with Gasteiger partial charge in [-0.2, -0.15) is 0 Å². The van der Waals surface area contributed by atoms with Gasteiger partial charge in [0.05, 0.1) is 25.8 Å². The quantitative estimate of drug-likeness (QED) is 0.0242. The lowest BCUT2D eigenvalue weighted by Gasteiger charge is -2.37. The van der Waals surface area contributed by atoms with Crippen molar-refractivity contribution in [2.45, 2.75) is 142 Å². The maximum absolute atomic E-state index is 15.1. The van der Waals surface area contributed by atoms with Gasteiger partial charge in [0.15, 0.2) is 11.5 Å². The Morgan fingerprint density at radius 1 is 0.700 bits per heavy atom. The number of Topliss-reactive ketones (excluding diaryl/α,β-unsaturated/α-hetero) is 1. The van der Waals surface area contributed by atoms with Crippen LogP contribution in [0.5, 0.6) is 11.5 Å². The standard InChI is InChI=1S/C68H89N9O13/c1-11-73(6)62(82)52(38-44(2)3)74(7)63(83)50-29-21-37-76(50)64(84)53(39-45-22-14-12-15-23-45)75(8)65(85)60(47-24-16-13-17-25-47)72-58(79)35-34-57(78)71-49-27-20-26-48(41-49)54(32-30-46-31-33-55(88-9)56(40-46)89-10)90-67(87)51-28-18-19-36-77(51)66(86)61(81)68(4,5)43-70-59(80)42-69/h12-17,20,22-27,31,33,40-42,44,50-54,60,69H,11,18-19,21,28-30,32,34-39,43H2,1-10H3,(H,70,80)(H,71,78)(H,72,79)/t50-,51+,52+,53+,54-,60?/m1/s1. The summed E-state index contributed by atoms with van der Waals surface area (Å²) in [4.78, 5) is 147. The number of ketones is 1. The maximum Gasteiger partial charge on any atom is 0.329 e. The lowest BCUT2D eigenvalue weighted by Crippen LogP contribution is -2.58. The number of aryl methyl sites for hydroxylation is 1. The molecule has 0 spiro atoms. The Morgan fingerprint density at radius 3 is 2.00 bits per heavy atom. The van der Waals surface area contributed by atoms with Gasteiger partial charge in [-0.1, -0.05) is 107 Å². The normalized spacial score (nSPS) is 16.1.